The quantitative estimate of drug-likeness (QED) is 0.858. The van der Waals surface area contributed by atoms with E-state index in [0.717, 1.165) is 11.1 Å². The third-order valence-corrected chi connectivity index (χ3v) is 3.41. The van der Waals surface area contributed by atoms with Gasteiger partial charge in [-0.15, -0.1) is 0 Å². The molecule has 0 spiro atoms. The van der Waals surface area contributed by atoms with E-state index < -0.39 is 0 Å². The highest BCUT2D eigenvalue weighted by Gasteiger charge is 2.07. The van der Waals surface area contributed by atoms with Gasteiger partial charge in [0.25, 0.3) is 0 Å². The molecule has 0 fully saturated rings. The van der Waals surface area contributed by atoms with E-state index in [1.54, 1.807) is 7.11 Å². The molecule has 4 nitrogen and oxygen atoms in total. The maximum atomic E-state index is 12.0. The number of aryl methyl sites for hydroxylation is 1. The first-order valence-corrected chi connectivity index (χ1v) is 7.36. The van der Waals surface area contributed by atoms with Crippen LogP contribution in [0.3, 0.4) is 0 Å². The number of carbonyl (C=O) groups excluding carboxylic acids is 1. The van der Waals surface area contributed by atoms with Gasteiger partial charge in [0.2, 0.25) is 5.91 Å². The van der Waals surface area contributed by atoms with E-state index in [-0.39, 0.29) is 12.5 Å². The molecular formula is C17H19ClN2O2. The monoisotopic (exact) mass is 318 g/mol. The molecule has 0 aromatic heterocycles. The molecule has 0 bridgehead atoms. The lowest BCUT2D eigenvalue weighted by atomic mass is 10.2. The molecule has 0 radical (unpaired) electrons. The second-order valence-corrected chi connectivity index (χ2v) is 5.42. The summed E-state index contributed by atoms with van der Waals surface area (Å²) in [5, 5.41) is 6.65. The number of anilines is 1. The van der Waals surface area contributed by atoms with E-state index in [1.165, 1.54) is 0 Å². The van der Waals surface area contributed by atoms with Gasteiger partial charge >= 0.3 is 0 Å². The van der Waals surface area contributed by atoms with Crippen molar-refractivity contribution in [3.63, 3.8) is 0 Å². The van der Waals surface area contributed by atoms with Crippen LogP contribution in [-0.2, 0) is 11.3 Å². The van der Waals surface area contributed by atoms with Crippen molar-refractivity contribution in [2.75, 3.05) is 19.0 Å². The Hall–Kier alpha value is -2.04. The summed E-state index contributed by atoms with van der Waals surface area (Å²) in [6.45, 7) is 2.79. The summed E-state index contributed by atoms with van der Waals surface area (Å²) in [6.07, 6.45) is 0. The Kier molecular flexibility index (Phi) is 5.81. The first-order valence-electron chi connectivity index (χ1n) is 6.98. The van der Waals surface area contributed by atoms with Gasteiger partial charge in [0.05, 0.1) is 19.3 Å². The molecule has 0 aliphatic heterocycles. The third-order valence-electron chi connectivity index (χ3n) is 3.16. The van der Waals surface area contributed by atoms with Crippen molar-refractivity contribution in [1.29, 1.82) is 0 Å². The van der Waals surface area contributed by atoms with Crippen LogP contribution in [0.15, 0.2) is 42.5 Å². The Morgan fingerprint density at radius 1 is 1.18 bits per heavy atom. The van der Waals surface area contributed by atoms with Crippen LogP contribution in [0.1, 0.15) is 11.1 Å². The molecule has 2 rings (SSSR count). The van der Waals surface area contributed by atoms with Gasteiger partial charge in [-0.3, -0.25) is 4.79 Å². The number of rotatable bonds is 6. The van der Waals surface area contributed by atoms with Gasteiger partial charge in [0.15, 0.2) is 0 Å². The Bertz CT molecular complexity index is 642. The van der Waals surface area contributed by atoms with E-state index in [2.05, 4.69) is 10.6 Å². The fourth-order valence-electron chi connectivity index (χ4n) is 2.04. The van der Waals surface area contributed by atoms with Crippen LogP contribution in [0.4, 0.5) is 5.69 Å². The number of carbonyl (C=O) groups is 1. The summed E-state index contributed by atoms with van der Waals surface area (Å²) < 4.78 is 5.24. The first kappa shape index (κ1) is 16.3. The maximum absolute atomic E-state index is 12.0. The van der Waals surface area contributed by atoms with Crippen molar-refractivity contribution in [1.82, 2.24) is 5.32 Å². The van der Waals surface area contributed by atoms with Crippen LogP contribution in [0, 0.1) is 6.92 Å². The lowest BCUT2D eigenvalue weighted by molar-refractivity contribution is -0.115. The largest absolute Gasteiger partial charge is 0.495 e. The van der Waals surface area contributed by atoms with Gasteiger partial charge in [-0.25, -0.2) is 0 Å². The average molecular weight is 319 g/mol. The molecule has 2 N–H and O–H groups in total. The van der Waals surface area contributed by atoms with E-state index in [0.29, 0.717) is 23.0 Å². The van der Waals surface area contributed by atoms with Gasteiger partial charge in [-0.1, -0.05) is 29.8 Å². The molecule has 0 saturated carbocycles. The molecule has 116 valence electrons. The SMILES string of the molecule is COc1ccc(C)cc1NC(=O)CNCc1ccc(Cl)cc1. The average Bonchev–Trinajstić information content (AvgIpc) is 2.49. The topological polar surface area (TPSA) is 50.4 Å². The highest BCUT2D eigenvalue weighted by Crippen LogP contribution is 2.24. The van der Waals surface area contributed by atoms with E-state index in [4.69, 9.17) is 16.3 Å². The molecule has 5 heteroatoms. The minimum Gasteiger partial charge on any atom is -0.495 e. The number of halogens is 1. The van der Waals surface area contributed by atoms with Crippen molar-refractivity contribution < 1.29 is 9.53 Å². The van der Waals surface area contributed by atoms with Gasteiger partial charge in [0, 0.05) is 11.6 Å². The van der Waals surface area contributed by atoms with Gasteiger partial charge in [-0.05, 0) is 42.3 Å². The van der Waals surface area contributed by atoms with Crippen LogP contribution < -0.4 is 15.4 Å². The number of ether oxygens (including phenoxy) is 1. The molecule has 0 aliphatic carbocycles. The van der Waals surface area contributed by atoms with E-state index in [9.17, 15) is 4.79 Å². The molecule has 22 heavy (non-hydrogen) atoms. The summed E-state index contributed by atoms with van der Waals surface area (Å²) in [4.78, 5) is 12.0. The standard InChI is InChI=1S/C17H19ClN2O2/c1-12-3-8-16(22-2)15(9-12)20-17(21)11-19-10-13-4-6-14(18)7-5-13/h3-9,19H,10-11H2,1-2H3,(H,20,21). The van der Waals surface area contributed by atoms with Gasteiger partial charge in [-0.2, -0.15) is 0 Å². The summed E-state index contributed by atoms with van der Waals surface area (Å²) in [5.74, 6) is 0.537. The van der Waals surface area contributed by atoms with Crippen molar-refractivity contribution in [2.45, 2.75) is 13.5 Å². The Labute approximate surface area is 135 Å². The molecule has 0 saturated heterocycles. The van der Waals surface area contributed by atoms with E-state index in [1.807, 2.05) is 49.4 Å². The summed E-state index contributed by atoms with van der Waals surface area (Å²) in [5.41, 5.74) is 2.82. The second-order valence-electron chi connectivity index (χ2n) is 4.98. The normalized spacial score (nSPS) is 10.3. The summed E-state index contributed by atoms with van der Waals surface area (Å²) >= 11 is 5.83. The maximum Gasteiger partial charge on any atom is 0.238 e. The third kappa shape index (κ3) is 4.76. The number of benzene rings is 2. The first-order chi connectivity index (χ1) is 10.6. The molecule has 2 aromatic rings. The predicted octanol–water partition coefficient (Wildman–Crippen LogP) is 3.39. The van der Waals surface area contributed by atoms with Crippen LogP contribution >= 0.6 is 11.6 Å². The molecule has 0 heterocycles. The summed E-state index contributed by atoms with van der Waals surface area (Å²) in [6, 6.07) is 13.2. The lowest BCUT2D eigenvalue weighted by Gasteiger charge is -2.11. The second kappa shape index (κ2) is 7.82. The molecule has 1 amide bonds. The van der Waals surface area contributed by atoms with Crippen LogP contribution in [0.2, 0.25) is 5.02 Å². The molecule has 0 aliphatic rings. The highest BCUT2D eigenvalue weighted by atomic mass is 35.5. The number of hydrogen-bond donors (Lipinski definition) is 2. The Balaban J connectivity index is 1.85. The molecular weight excluding hydrogens is 300 g/mol. The number of hydrogen-bond acceptors (Lipinski definition) is 3. The highest BCUT2D eigenvalue weighted by molar-refractivity contribution is 6.30. The smallest absolute Gasteiger partial charge is 0.238 e. The summed E-state index contributed by atoms with van der Waals surface area (Å²) in [7, 11) is 1.58. The minimum atomic E-state index is -0.113. The van der Waals surface area contributed by atoms with Crippen molar-refractivity contribution >= 4 is 23.2 Å². The van der Waals surface area contributed by atoms with E-state index >= 15 is 0 Å². The van der Waals surface area contributed by atoms with Crippen molar-refractivity contribution in [3.05, 3.63) is 58.6 Å². The van der Waals surface area contributed by atoms with Crippen LogP contribution in [0.25, 0.3) is 0 Å². The predicted molar refractivity (Wildman–Crippen MR) is 89.5 cm³/mol. The molecule has 2 aromatic carbocycles. The minimum absolute atomic E-state index is 0.113. The zero-order valence-corrected chi connectivity index (χ0v) is 13.4. The van der Waals surface area contributed by atoms with Crippen molar-refractivity contribution in [2.24, 2.45) is 0 Å². The fourth-order valence-corrected chi connectivity index (χ4v) is 2.16. The number of methoxy groups -OCH3 is 1. The lowest BCUT2D eigenvalue weighted by Crippen LogP contribution is -2.27. The Morgan fingerprint density at radius 3 is 2.59 bits per heavy atom. The van der Waals surface area contributed by atoms with Crippen LogP contribution in [0.5, 0.6) is 5.75 Å². The van der Waals surface area contributed by atoms with Gasteiger partial charge < -0.3 is 15.4 Å². The van der Waals surface area contributed by atoms with Crippen LogP contribution in [-0.4, -0.2) is 19.6 Å². The Morgan fingerprint density at radius 2 is 1.91 bits per heavy atom. The number of amides is 1. The number of nitrogens with one attached hydrogen (secondary N) is 2. The van der Waals surface area contributed by atoms with Gasteiger partial charge in [0.1, 0.15) is 5.75 Å². The fraction of sp³-hybridized carbons (Fsp3) is 0.235. The molecule has 0 atom stereocenters. The zero-order chi connectivity index (χ0) is 15.9. The zero-order valence-electron chi connectivity index (χ0n) is 12.7. The molecule has 0 unspecified atom stereocenters. The van der Waals surface area contributed by atoms with Crippen molar-refractivity contribution in [3.8, 4) is 5.75 Å².